The number of Topliss-reactive ketones (excluding diaryl/α,β-unsaturated/α-hetero) is 1. The molecule has 0 saturated heterocycles. The number of para-hydroxylation sites is 1. The molecule has 0 aliphatic heterocycles. The van der Waals surface area contributed by atoms with Gasteiger partial charge in [0.2, 0.25) is 0 Å². The molecule has 0 amide bonds. The molecule has 0 radical (unpaired) electrons. The van der Waals surface area contributed by atoms with Gasteiger partial charge in [-0.2, -0.15) is 0 Å². The minimum atomic E-state index is -0.539. The van der Waals surface area contributed by atoms with E-state index in [4.69, 9.17) is 0 Å². The van der Waals surface area contributed by atoms with Crippen LogP contribution >= 0.6 is 0 Å². The molecular weight excluding hydrogens is 206 g/mol. The molecule has 0 unspecified atom stereocenters. The van der Waals surface area contributed by atoms with Crippen LogP contribution in [0.5, 0.6) is 5.75 Å². The van der Waals surface area contributed by atoms with Crippen molar-refractivity contribution < 1.29 is 9.90 Å². The van der Waals surface area contributed by atoms with E-state index in [1.165, 1.54) is 0 Å². The highest BCUT2D eigenvalue weighted by atomic mass is 16.3. The predicted molar refractivity (Wildman–Crippen MR) is 60.9 cm³/mol. The van der Waals surface area contributed by atoms with Crippen molar-refractivity contribution in [3.05, 3.63) is 40.2 Å². The summed E-state index contributed by atoms with van der Waals surface area (Å²) < 4.78 is 0. The first kappa shape index (κ1) is 10.4. The smallest absolute Gasteiger partial charge is 0.263 e. The van der Waals surface area contributed by atoms with Crippen molar-refractivity contribution in [3.63, 3.8) is 0 Å². The minimum Gasteiger partial charge on any atom is -0.506 e. The van der Waals surface area contributed by atoms with Crippen LogP contribution in [-0.4, -0.2) is 15.9 Å². The molecule has 1 aromatic heterocycles. The van der Waals surface area contributed by atoms with Crippen LogP contribution in [0.1, 0.15) is 23.7 Å². The van der Waals surface area contributed by atoms with Gasteiger partial charge in [0.1, 0.15) is 11.3 Å². The lowest BCUT2D eigenvalue weighted by atomic mass is 10.1. The molecule has 16 heavy (non-hydrogen) atoms. The first-order valence-electron chi connectivity index (χ1n) is 5.02. The number of rotatable bonds is 2. The van der Waals surface area contributed by atoms with E-state index in [0.29, 0.717) is 10.9 Å². The summed E-state index contributed by atoms with van der Waals surface area (Å²) in [7, 11) is 0. The van der Waals surface area contributed by atoms with E-state index in [2.05, 4.69) is 4.98 Å². The normalized spacial score (nSPS) is 10.6. The topological polar surface area (TPSA) is 70.2 Å². The van der Waals surface area contributed by atoms with Gasteiger partial charge in [-0.1, -0.05) is 19.1 Å². The highest BCUT2D eigenvalue weighted by Crippen LogP contribution is 2.24. The molecule has 4 nitrogen and oxygen atoms in total. The third-order valence-electron chi connectivity index (χ3n) is 2.49. The molecular formula is C12H11NO3. The zero-order valence-electron chi connectivity index (χ0n) is 8.78. The summed E-state index contributed by atoms with van der Waals surface area (Å²) in [4.78, 5) is 25.7. The van der Waals surface area contributed by atoms with E-state index in [1.807, 2.05) is 0 Å². The van der Waals surface area contributed by atoms with E-state index >= 15 is 0 Å². The fourth-order valence-electron chi connectivity index (χ4n) is 1.66. The van der Waals surface area contributed by atoms with Crippen molar-refractivity contribution in [1.29, 1.82) is 0 Å². The third kappa shape index (κ3) is 1.48. The number of aromatic nitrogens is 1. The molecule has 0 fully saturated rings. The standard InChI is InChI=1S/C12H11NO3/c1-2-9(14)10-11(15)7-5-3-4-6-8(7)13-12(10)16/h3-6H,2H2,1H3,(H2,13,15,16). The van der Waals surface area contributed by atoms with Gasteiger partial charge in [-0.3, -0.25) is 9.59 Å². The quantitative estimate of drug-likeness (QED) is 0.754. The fraction of sp³-hybridized carbons (Fsp3) is 0.167. The Morgan fingerprint density at radius 3 is 2.75 bits per heavy atom. The van der Waals surface area contributed by atoms with Gasteiger partial charge in [0.05, 0.1) is 5.52 Å². The van der Waals surface area contributed by atoms with Gasteiger partial charge in [-0.15, -0.1) is 0 Å². The Balaban J connectivity index is 2.86. The fourth-order valence-corrected chi connectivity index (χ4v) is 1.66. The maximum absolute atomic E-state index is 11.6. The third-order valence-corrected chi connectivity index (χ3v) is 2.49. The first-order valence-corrected chi connectivity index (χ1v) is 5.02. The Hall–Kier alpha value is -2.10. The number of H-pyrrole nitrogens is 1. The average molecular weight is 217 g/mol. The second kappa shape index (κ2) is 3.81. The summed E-state index contributed by atoms with van der Waals surface area (Å²) in [6.07, 6.45) is 0.189. The number of carbonyl (C=O) groups excluding carboxylic acids is 1. The van der Waals surface area contributed by atoms with Crippen LogP contribution in [0.3, 0.4) is 0 Å². The van der Waals surface area contributed by atoms with E-state index in [1.54, 1.807) is 31.2 Å². The zero-order valence-corrected chi connectivity index (χ0v) is 8.78. The van der Waals surface area contributed by atoms with Crippen LogP contribution in [0.4, 0.5) is 0 Å². The van der Waals surface area contributed by atoms with E-state index in [0.717, 1.165) is 0 Å². The van der Waals surface area contributed by atoms with Crippen molar-refractivity contribution >= 4 is 16.7 Å². The lowest BCUT2D eigenvalue weighted by molar-refractivity contribution is 0.0984. The molecule has 0 saturated carbocycles. The molecule has 0 bridgehead atoms. The van der Waals surface area contributed by atoms with Crippen molar-refractivity contribution in [3.8, 4) is 5.75 Å². The van der Waals surface area contributed by atoms with E-state index in [-0.39, 0.29) is 23.5 Å². The zero-order chi connectivity index (χ0) is 11.7. The molecule has 4 heteroatoms. The number of fused-ring (bicyclic) bond motifs is 1. The lowest BCUT2D eigenvalue weighted by Crippen LogP contribution is -2.17. The van der Waals surface area contributed by atoms with Crippen molar-refractivity contribution in [1.82, 2.24) is 4.98 Å². The number of pyridine rings is 1. The second-order valence-electron chi connectivity index (χ2n) is 3.50. The van der Waals surface area contributed by atoms with Crippen molar-refractivity contribution in [2.45, 2.75) is 13.3 Å². The van der Waals surface area contributed by atoms with Crippen LogP contribution < -0.4 is 5.56 Å². The molecule has 0 spiro atoms. The number of aromatic hydroxyl groups is 1. The van der Waals surface area contributed by atoms with Gasteiger partial charge >= 0.3 is 0 Å². The Bertz CT molecular complexity index is 613. The minimum absolute atomic E-state index is 0.152. The summed E-state index contributed by atoms with van der Waals surface area (Å²) in [6, 6.07) is 6.82. The summed E-state index contributed by atoms with van der Waals surface area (Å²) >= 11 is 0. The van der Waals surface area contributed by atoms with E-state index < -0.39 is 5.56 Å². The number of carbonyl (C=O) groups is 1. The number of nitrogens with one attached hydrogen (secondary N) is 1. The number of benzene rings is 1. The molecule has 82 valence electrons. The van der Waals surface area contributed by atoms with Crippen LogP contribution in [0.25, 0.3) is 10.9 Å². The van der Waals surface area contributed by atoms with Crippen molar-refractivity contribution in [2.75, 3.05) is 0 Å². The molecule has 1 aromatic carbocycles. The number of aromatic amines is 1. The maximum Gasteiger partial charge on any atom is 0.263 e. The molecule has 0 aliphatic rings. The van der Waals surface area contributed by atoms with E-state index in [9.17, 15) is 14.7 Å². The van der Waals surface area contributed by atoms with Crippen molar-refractivity contribution in [2.24, 2.45) is 0 Å². The SMILES string of the molecule is CCC(=O)c1c(O)c2ccccc2[nH]c1=O. The highest BCUT2D eigenvalue weighted by molar-refractivity contribution is 6.03. The Labute approximate surface area is 91.5 Å². The van der Waals surface area contributed by atoms with Gasteiger partial charge in [-0.05, 0) is 12.1 Å². The Morgan fingerprint density at radius 2 is 2.06 bits per heavy atom. The van der Waals surface area contributed by atoms with Gasteiger partial charge in [0.25, 0.3) is 5.56 Å². The lowest BCUT2D eigenvalue weighted by Gasteiger charge is -2.05. The summed E-state index contributed by atoms with van der Waals surface area (Å²) in [5.41, 5.74) is -0.165. The maximum atomic E-state index is 11.6. The highest BCUT2D eigenvalue weighted by Gasteiger charge is 2.16. The van der Waals surface area contributed by atoms with Crippen LogP contribution in [-0.2, 0) is 0 Å². The van der Waals surface area contributed by atoms with Crippen LogP contribution in [0, 0.1) is 0 Å². The largest absolute Gasteiger partial charge is 0.506 e. The molecule has 1 heterocycles. The summed E-state index contributed by atoms with van der Waals surface area (Å²) in [6.45, 7) is 1.65. The van der Waals surface area contributed by atoms with Crippen LogP contribution in [0.2, 0.25) is 0 Å². The molecule has 0 atom stereocenters. The molecule has 2 aromatic rings. The van der Waals surface area contributed by atoms with Gasteiger partial charge in [-0.25, -0.2) is 0 Å². The Kier molecular flexibility index (Phi) is 2.48. The number of hydrogen-bond acceptors (Lipinski definition) is 3. The second-order valence-corrected chi connectivity index (χ2v) is 3.50. The van der Waals surface area contributed by atoms with Gasteiger partial charge < -0.3 is 10.1 Å². The predicted octanol–water partition coefficient (Wildman–Crippen LogP) is 1.83. The Morgan fingerprint density at radius 1 is 1.38 bits per heavy atom. The average Bonchev–Trinajstić information content (AvgIpc) is 2.28. The van der Waals surface area contributed by atoms with Gasteiger partial charge in [0, 0.05) is 11.8 Å². The number of hydrogen-bond donors (Lipinski definition) is 2. The van der Waals surface area contributed by atoms with Crippen LogP contribution in [0.15, 0.2) is 29.1 Å². The summed E-state index contributed by atoms with van der Waals surface area (Å²) in [5, 5.41) is 10.4. The summed E-state index contributed by atoms with van der Waals surface area (Å²) in [5.74, 6) is -0.587. The first-order chi connectivity index (χ1) is 7.65. The monoisotopic (exact) mass is 217 g/mol. The molecule has 0 aliphatic carbocycles. The van der Waals surface area contributed by atoms with Gasteiger partial charge in [0.15, 0.2) is 5.78 Å². The number of ketones is 1. The molecule has 2 rings (SSSR count). The molecule has 2 N–H and O–H groups in total.